The number of sulfonamides is 1. The maximum atomic E-state index is 14.6. The Kier molecular flexibility index (Phi) is 12.2. The molecule has 0 saturated heterocycles. The minimum Gasteiger partial charge on any atom is -0.352 e. The summed E-state index contributed by atoms with van der Waals surface area (Å²) in [7, 11) is -4.14. The number of hydrogen-bond acceptors (Lipinski definition) is 4. The van der Waals surface area contributed by atoms with Crippen LogP contribution in [0.25, 0.3) is 0 Å². The molecule has 46 heavy (non-hydrogen) atoms. The summed E-state index contributed by atoms with van der Waals surface area (Å²) in [5, 5.41) is 3.07. The Morgan fingerprint density at radius 1 is 0.783 bits per heavy atom. The van der Waals surface area contributed by atoms with Crippen molar-refractivity contribution in [3.05, 3.63) is 130 Å². The number of rotatable bonds is 14. The first-order chi connectivity index (χ1) is 22.0. The summed E-state index contributed by atoms with van der Waals surface area (Å²) in [5.74, 6) is -0.531. The molecule has 0 aliphatic carbocycles. The smallest absolute Gasteiger partial charge is 0.264 e. The number of amides is 2. The molecule has 7 nitrogen and oxygen atoms in total. The van der Waals surface area contributed by atoms with Crippen molar-refractivity contribution in [1.29, 1.82) is 0 Å². The van der Waals surface area contributed by atoms with Gasteiger partial charge in [-0.2, -0.15) is 0 Å². The quantitative estimate of drug-likeness (QED) is 0.149. The summed E-state index contributed by atoms with van der Waals surface area (Å²) in [6.45, 7) is 7.66. The van der Waals surface area contributed by atoms with E-state index in [1.165, 1.54) is 17.0 Å². The Hall–Kier alpha value is -3.95. The number of halogens is 1. The fraction of sp³-hybridized carbons (Fsp3) is 0.297. The van der Waals surface area contributed by atoms with Crippen LogP contribution in [0, 0.1) is 0 Å². The van der Waals surface area contributed by atoms with Crippen molar-refractivity contribution < 1.29 is 18.0 Å². The second-order valence-corrected chi connectivity index (χ2v) is 14.5. The fourth-order valence-corrected chi connectivity index (χ4v) is 6.76. The van der Waals surface area contributed by atoms with E-state index >= 15 is 0 Å². The third-order valence-corrected chi connectivity index (χ3v) is 10.3. The van der Waals surface area contributed by atoms with Gasteiger partial charge in [0.15, 0.2) is 0 Å². The van der Waals surface area contributed by atoms with Crippen molar-refractivity contribution >= 4 is 43.5 Å². The highest BCUT2D eigenvalue weighted by Gasteiger charge is 2.35. The van der Waals surface area contributed by atoms with Crippen LogP contribution in [0.3, 0.4) is 0 Å². The Labute approximate surface area is 281 Å². The zero-order chi connectivity index (χ0) is 33.3. The highest BCUT2D eigenvalue weighted by Crippen LogP contribution is 2.27. The molecule has 4 rings (SSSR count). The molecular weight excluding hydrogens is 662 g/mol. The monoisotopic (exact) mass is 703 g/mol. The average Bonchev–Trinajstić information content (AvgIpc) is 3.06. The molecule has 4 aromatic rings. The van der Waals surface area contributed by atoms with Gasteiger partial charge < -0.3 is 10.2 Å². The molecule has 0 aromatic heterocycles. The van der Waals surface area contributed by atoms with Crippen molar-refractivity contribution in [2.45, 2.75) is 70.0 Å². The third-order valence-electron chi connectivity index (χ3n) is 8.00. The normalized spacial score (nSPS) is 12.7. The van der Waals surface area contributed by atoms with E-state index in [9.17, 15) is 18.0 Å². The van der Waals surface area contributed by atoms with Crippen LogP contribution >= 0.6 is 15.9 Å². The topological polar surface area (TPSA) is 86.8 Å². The summed E-state index contributed by atoms with van der Waals surface area (Å²) in [6, 6.07) is 31.4. The van der Waals surface area contributed by atoms with Crippen LogP contribution in [0.1, 0.15) is 56.7 Å². The minimum atomic E-state index is -4.14. The first-order valence-corrected chi connectivity index (χ1v) is 17.8. The third kappa shape index (κ3) is 9.07. The lowest BCUT2D eigenvalue weighted by Gasteiger charge is -2.34. The summed E-state index contributed by atoms with van der Waals surface area (Å²) in [5.41, 5.74) is 3.12. The van der Waals surface area contributed by atoms with Crippen molar-refractivity contribution in [2.75, 3.05) is 10.8 Å². The minimum absolute atomic E-state index is 0.0746. The maximum absolute atomic E-state index is 14.6. The lowest BCUT2D eigenvalue weighted by molar-refractivity contribution is -0.140. The van der Waals surface area contributed by atoms with E-state index in [-0.39, 0.29) is 35.7 Å². The molecule has 242 valence electrons. The molecule has 9 heteroatoms. The van der Waals surface area contributed by atoms with E-state index in [1.54, 1.807) is 30.3 Å². The van der Waals surface area contributed by atoms with Crippen LogP contribution in [0.2, 0.25) is 0 Å². The van der Waals surface area contributed by atoms with Crippen molar-refractivity contribution in [3.8, 4) is 0 Å². The SMILES string of the molecule is CC[C@H](C)NC(=O)[C@H](Cc1ccccc1)N(Cc1ccc(Br)cc1)C(=O)CN(c1ccc(C(C)C)cc1)S(=O)(=O)c1ccccc1. The molecule has 2 atom stereocenters. The highest BCUT2D eigenvalue weighted by molar-refractivity contribution is 9.10. The Morgan fingerprint density at radius 2 is 1.37 bits per heavy atom. The van der Waals surface area contributed by atoms with E-state index in [2.05, 4.69) is 35.1 Å². The van der Waals surface area contributed by atoms with Crippen LogP contribution in [0.4, 0.5) is 5.69 Å². The largest absolute Gasteiger partial charge is 0.352 e. The fourth-order valence-electron chi connectivity index (χ4n) is 5.06. The number of hydrogen-bond donors (Lipinski definition) is 1. The molecule has 2 amide bonds. The number of benzene rings is 4. The standard InChI is InChI=1S/C37H42BrN3O4S/c1-5-28(4)39-37(43)35(24-29-12-8-6-9-13-29)40(25-30-16-20-32(38)21-17-30)36(42)26-41(33-22-18-31(19-23-33)27(2)3)46(44,45)34-14-10-7-11-15-34/h6-23,27-28,35H,5,24-26H2,1-4H3,(H,39,43)/t28-,35-/m0/s1. The lowest BCUT2D eigenvalue weighted by atomic mass is 10.0. The number of carbonyl (C=O) groups is 2. The molecule has 0 unspecified atom stereocenters. The molecule has 0 aliphatic rings. The molecule has 0 heterocycles. The number of anilines is 1. The Morgan fingerprint density at radius 3 is 1.93 bits per heavy atom. The van der Waals surface area contributed by atoms with Gasteiger partial charge in [0.05, 0.1) is 10.6 Å². The van der Waals surface area contributed by atoms with Crippen molar-refractivity contribution in [3.63, 3.8) is 0 Å². The van der Waals surface area contributed by atoms with Gasteiger partial charge in [0, 0.05) is 23.5 Å². The van der Waals surface area contributed by atoms with Gasteiger partial charge in [-0.1, -0.05) is 109 Å². The number of carbonyl (C=O) groups excluding carboxylic acids is 2. The van der Waals surface area contributed by atoms with Crippen LogP contribution < -0.4 is 9.62 Å². The van der Waals surface area contributed by atoms with E-state index in [0.29, 0.717) is 5.69 Å². The molecule has 1 N–H and O–H groups in total. The highest BCUT2D eigenvalue weighted by atomic mass is 79.9. The molecule has 0 aliphatic heterocycles. The van der Waals surface area contributed by atoms with E-state index in [4.69, 9.17) is 0 Å². The van der Waals surface area contributed by atoms with Crippen LogP contribution in [0.15, 0.2) is 119 Å². The summed E-state index contributed by atoms with van der Waals surface area (Å²) in [6.07, 6.45) is 0.986. The van der Waals surface area contributed by atoms with E-state index in [1.807, 2.05) is 80.6 Å². The molecule has 0 radical (unpaired) electrons. The zero-order valence-corrected chi connectivity index (χ0v) is 29.2. The number of nitrogens with zero attached hydrogens (tertiary/aromatic N) is 2. The maximum Gasteiger partial charge on any atom is 0.264 e. The van der Waals surface area contributed by atoms with Gasteiger partial charge in [0.25, 0.3) is 10.0 Å². The van der Waals surface area contributed by atoms with Gasteiger partial charge in [-0.15, -0.1) is 0 Å². The predicted molar refractivity (Wildman–Crippen MR) is 188 cm³/mol. The number of nitrogens with one attached hydrogen (secondary N) is 1. The Bertz CT molecular complexity index is 1680. The van der Waals surface area contributed by atoms with Gasteiger partial charge >= 0.3 is 0 Å². The van der Waals surface area contributed by atoms with Crippen molar-refractivity contribution in [1.82, 2.24) is 10.2 Å². The van der Waals surface area contributed by atoms with E-state index < -0.39 is 28.5 Å². The summed E-state index contributed by atoms with van der Waals surface area (Å²) in [4.78, 5) is 30.1. The van der Waals surface area contributed by atoms with E-state index in [0.717, 1.165) is 31.9 Å². The molecular formula is C37H42BrN3O4S. The summed E-state index contributed by atoms with van der Waals surface area (Å²) >= 11 is 3.47. The van der Waals surface area contributed by atoms with Gasteiger partial charge in [-0.05, 0) is 72.4 Å². The van der Waals surface area contributed by atoms with Crippen LogP contribution in [0.5, 0.6) is 0 Å². The molecule has 0 fully saturated rings. The Balaban J connectivity index is 1.80. The van der Waals surface area contributed by atoms with Crippen LogP contribution in [-0.2, 0) is 32.6 Å². The average molecular weight is 705 g/mol. The first-order valence-electron chi connectivity index (χ1n) is 15.6. The first kappa shape index (κ1) is 34.9. The second-order valence-electron chi connectivity index (χ2n) is 11.7. The molecule has 0 saturated carbocycles. The van der Waals surface area contributed by atoms with Crippen molar-refractivity contribution in [2.24, 2.45) is 0 Å². The van der Waals surface area contributed by atoms with Gasteiger partial charge in [0.2, 0.25) is 11.8 Å². The van der Waals surface area contributed by atoms with Crippen LogP contribution in [-0.4, -0.2) is 43.8 Å². The van der Waals surface area contributed by atoms with Gasteiger partial charge in [0.1, 0.15) is 12.6 Å². The zero-order valence-electron chi connectivity index (χ0n) is 26.8. The summed E-state index contributed by atoms with van der Waals surface area (Å²) < 4.78 is 30.3. The van der Waals surface area contributed by atoms with Gasteiger partial charge in [-0.3, -0.25) is 13.9 Å². The lowest BCUT2D eigenvalue weighted by Crippen LogP contribution is -2.54. The van der Waals surface area contributed by atoms with Gasteiger partial charge in [-0.25, -0.2) is 8.42 Å². The predicted octanol–water partition coefficient (Wildman–Crippen LogP) is 7.32. The molecule has 4 aromatic carbocycles. The molecule has 0 spiro atoms. The molecule has 0 bridgehead atoms. The second kappa shape index (κ2) is 16.1.